The number of nitrogens with zero attached hydrogens (tertiary/aromatic N) is 3. The molecule has 0 unspecified atom stereocenters. The topological polar surface area (TPSA) is 502 Å². The Morgan fingerprint density at radius 2 is 0.778 bits per heavy atom. The van der Waals surface area contributed by atoms with E-state index < -0.39 is 166 Å². The number of aldehydes is 1. The summed E-state index contributed by atoms with van der Waals surface area (Å²) in [6.07, 6.45) is 17.1. The van der Waals surface area contributed by atoms with Crippen LogP contribution in [0, 0.1) is 116 Å². The second kappa shape index (κ2) is 40.9. The van der Waals surface area contributed by atoms with Crippen LogP contribution in [0.15, 0.2) is 232 Å². The number of fused-ring (bicyclic) bond motifs is 19. The van der Waals surface area contributed by atoms with Crippen LogP contribution in [0.3, 0.4) is 0 Å². The molecule has 766 valence electrons. The molecule has 0 aromatic heterocycles. The molecular formula is C106H114F3N3O28S4. The third kappa shape index (κ3) is 19.0. The molecule has 2 saturated heterocycles. The van der Waals surface area contributed by atoms with Gasteiger partial charge in [0, 0.05) is 135 Å². The highest BCUT2D eigenvalue weighted by molar-refractivity contribution is 7.99. The summed E-state index contributed by atoms with van der Waals surface area (Å²) in [6.45, 7) is 9.89. The van der Waals surface area contributed by atoms with Crippen LogP contribution in [-0.2, 0) is 75.1 Å². The first-order valence-electron chi connectivity index (χ1n) is 47.8. The maximum atomic E-state index is 13.7. The van der Waals surface area contributed by atoms with Gasteiger partial charge < -0.3 is 59.8 Å². The number of benzene rings is 6. The molecule has 0 bridgehead atoms. The second-order valence-corrected chi connectivity index (χ2v) is 45.9. The summed E-state index contributed by atoms with van der Waals surface area (Å²) in [4.78, 5) is 121. The van der Waals surface area contributed by atoms with E-state index in [1.54, 1.807) is 127 Å². The van der Waals surface area contributed by atoms with E-state index in [4.69, 9.17) is 31.9 Å². The van der Waals surface area contributed by atoms with Gasteiger partial charge in [-0.25, -0.2) is 0 Å². The van der Waals surface area contributed by atoms with Crippen LogP contribution >= 0.6 is 35.3 Å². The molecule has 0 amide bonds. The number of rotatable bonds is 21. The van der Waals surface area contributed by atoms with Crippen molar-refractivity contribution < 1.29 is 134 Å². The Kier molecular flexibility index (Phi) is 30.3. The van der Waals surface area contributed by atoms with Crippen molar-refractivity contribution in [2.45, 2.75) is 222 Å². The first-order chi connectivity index (χ1) is 68.0. The number of halogens is 3. The smallest absolute Gasteiger partial charge is 0.393 e. The number of aliphatic hydroxyl groups is 8. The highest BCUT2D eigenvalue weighted by atomic mass is 32.2. The number of carbonyl (C=O) groups is 7. The molecule has 6 aromatic carbocycles. The van der Waals surface area contributed by atoms with E-state index >= 15 is 0 Å². The number of Topliss-reactive ketones (excluding diaryl/α,β-unsaturated/α-hetero) is 3. The molecule has 26 atom stereocenters. The van der Waals surface area contributed by atoms with E-state index in [2.05, 4.69) is 13.8 Å². The maximum absolute atomic E-state index is 13.7. The van der Waals surface area contributed by atoms with Crippen molar-refractivity contribution in [3.8, 4) is 0 Å². The average molecular weight is 2060 g/mol. The Morgan fingerprint density at radius 3 is 1.08 bits per heavy atom. The zero-order valence-corrected chi connectivity index (χ0v) is 82.8. The lowest BCUT2D eigenvalue weighted by molar-refractivity contribution is -0.385. The van der Waals surface area contributed by atoms with Crippen LogP contribution in [0.25, 0.3) is 0 Å². The number of ketones is 6. The van der Waals surface area contributed by atoms with Gasteiger partial charge in [0.05, 0.1) is 51.4 Å². The molecule has 38 heteroatoms. The van der Waals surface area contributed by atoms with Gasteiger partial charge in [0.2, 0.25) is 0 Å². The van der Waals surface area contributed by atoms with Crippen molar-refractivity contribution >= 4 is 103 Å². The molecule has 9 N–H and O–H groups in total. The van der Waals surface area contributed by atoms with Gasteiger partial charge in [0.25, 0.3) is 17.1 Å². The summed E-state index contributed by atoms with van der Waals surface area (Å²) < 4.78 is 84.0. The molecule has 20 rings (SSSR count). The second-order valence-electron chi connectivity index (χ2n) is 41.4. The summed E-state index contributed by atoms with van der Waals surface area (Å²) in [7, 11) is -5.84. The fourth-order valence-electron chi connectivity index (χ4n) is 27.5. The largest absolute Gasteiger partial charge is 0.522 e. The molecule has 14 aliphatic rings. The summed E-state index contributed by atoms with van der Waals surface area (Å²) in [5, 5.41) is 119. The lowest BCUT2D eigenvalue weighted by Crippen LogP contribution is -2.63. The van der Waals surface area contributed by atoms with Crippen LogP contribution in [0.2, 0.25) is 0 Å². The van der Waals surface area contributed by atoms with E-state index in [9.17, 15) is 118 Å². The van der Waals surface area contributed by atoms with Gasteiger partial charge in [-0.05, 0) is 202 Å². The number of non-ortho nitro benzene ring substituents is 3. The van der Waals surface area contributed by atoms with Crippen molar-refractivity contribution in [2.75, 3.05) is 19.8 Å². The fraction of sp³-hybridized carbons (Fsp3) is 0.481. The highest BCUT2D eigenvalue weighted by Gasteiger charge is 2.79. The number of aliphatic hydroxyl groups excluding tert-OH is 7. The van der Waals surface area contributed by atoms with Gasteiger partial charge in [-0.3, -0.25) is 68.5 Å². The summed E-state index contributed by atoms with van der Waals surface area (Å²) in [6, 6.07) is 42.4. The molecule has 0 spiro atoms. The monoisotopic (exact) mass is 2060 g/mol. The first-order valence-corrected chi connectivity index (χ1v) is 52.2. The minimum Gasteiger partial charge on any atom is -0.393 e. The fourth-order valence-corrected chi connectivity index (χ4v) is 30.0. The van der Waals surface area contributed by atoms with Crippen LogP contribution < -0.4 is 0 Å². The molecule has 2 aliphatic heterocycles. The van der Waals surface area contributed by atoms with Crippen LogP contribution in [0.4, 0.5) is 30.2 Å². The molecule has 11 fully saturated rings. The van der Waals surface area contributed by atoms with Gasteiger partial charge in [-0.15, -0.1) is 35.3 Å². The summed E-state index contributed by atoms with van der Waals surface area (Å²) in [5.41, 5.74) is -6.04. The van der Waals surface area contributed by atoms with Gasteiger partial charge in [0.15, 0.2) is 64.1 Å². The molecule has 31 nitrogen and oxygen atoms in total. The minimum absolute atomic E-state index is 0.00826. The number of thioether (sulfide) groups is 3. The lowest BCUT2D eigenvalue weighted by atomic mass is 9.46. The lowest BCUT2D eigenvalue weighted by Gasteiger charge is -2.59. The van der Waals surface area contributed by atoms with Crippen molar-refractivity contribution in [2.24, 2.45) is 85.8 Å². The summed E-state index contributed by atoms with van der Waals surface area (Å²) >= 11 is 4.69. The number of ether oxygens (including phenoxy) is 4. The molecule has 9 saturated carbocycles. The normalized spacial score (nSPS) is 35.6. The number of alkyl halides is 3. The number of allylic oxidation sites excluding steroid dienone is 12. The molecule has 2 heterocycles. The number of nitro benzene ring substituents is 3. The highest BCUT2D eigenvalue weighted by Crippen LogP contribution is 2.74. The van der Waals surface area contributed by atoms with Gasteiger partial charge in [-0.1, -0.05) is 149 Å². The van der Waals surface area contributed by atoms with Gasteiger partial charge >= 0.3 is 15.6 Å². The number of hydrogen-bond acceptors (Lipinski definition) is 30. The van der Waals surface area contributed by atoms with E-state index in [1.807, 2.05) is 118 Å². The quantitative estimate of drug-likeness (QED) is 0.00807. The number of carbonyl (C=O) groups excluding carboxylic acids is 7. The zero-order valence-electron chi connectivity index (χ0n) is 79.6. The van der Waals surface area contributed by atoms with Gasteiger partial charge in [0.1, 0.15) is 26.1 Å². The van der Waals surface area contributed by atoms with Crippen molar-refractivity contribution in [1.82, 2.24) is 0 Å². The third-order valence-corrected chi connectivity index (χ3v) is 37.9. The number of nitro groups is 3. The number of hydrogen-bond donors (Lipinski definition) is 9. The predicted molar refractivity (Wildman–Crippen MR) is 521 cm³/mol. The standard InChI is InChI=1S/2C35H37NO8S.C21H28O6.C14H11NO3S.CHF3O3S/c2*1-33-13-12-24(38)15-22(33)8-11-26-27-16-30-35(29(40)18-37,34(27,2)17-28(39)31(26)33)44-32(43-30)21-6-9-25(10-7-21)45-19-20-4-3-5-23(14-20)36(41)42;1-19-6-5-12(23)7-11(19)3-4-13-14-8-16(25)21(27,17(26)10-22)20(14,2)9-15(24)18(13)19;16-9-11-4-6-14(7-5-11)19-10-12-2-1-3-13(8-12)15(17)18;2-1(3,4)8(5,6)7/h2*3-7,9-10,12-15,26-28,30-32,37,39H,8,11,16-19H2,1-2H3;5-7,13-16,18,22,24-25,27H,3-4,8-10H2,1-2H3;1-9H,10H2;(H,5,6,7)/t26-,27-,28-,30+,31+,32+,33-,34-,35+;26-,27-,28-,30+,31+,32-,33-,34-,35+;13-,14-,15-,16+,18+,19-,20-,21-;;/m000../s1. The molecular weight excluding hydrogens is 1950 g/mol. The van der Waals surface area contributed by atoms with Crippen LogP contribution in [0.1, 0.15) is 169 Å². The Morgan fingerprint density at radius 1 is 0.472 bits per heavy atom. The Bertz CT molecular complexity index is 6140. The Balaban J connectivity index is 0.000000140. The molecule has 12 aliphatic carbocycles. The van der Waals surface area contributed by atoms with E-state index in [1.165, 1.54) is 18.2 Å². The minimum atomic E-state index is -5.84. The first kappa shape index (κ1) is 107. The summed E-state index contributed by atoms with van der Waals surface area (Å²) in [5.74, 6) is -0.0863. The predicted octanol–water partition coefficient (Wildman–Crippen LogP) is 15.6. The average Bonchev–Trinajstić information content (AvgIpc) is 1.57. The van der Waals surface area contributed by atoms with Crippen molar-refractivity contribution in [3.05, 3.63) is 281 Å². The van der Waals surface area contributed by atoms with E-state index in [0.29, 0.717) is 48.5 Å². The van der Waals surface area contributed by atoms with Crippen LogP contribution in [0.5, 0.6) is 0 Å². The third-order valence-electron chi connectivity index (χ3n) is 34.1. The van der Waals surface area contributed by atoms with E-state index in [-0.39, 0.29) is 101 Å². The van der Waals surface area contributed by atoms with Crippen molar-refractivity contribution in [3.63, 3.8) is 0 Å². The van der Waals surface area contributed by atoms with E-state index in [0.717, 1.165) is 104 Å². The SMILES string of the molecule is C[C@]12C=CC(=O)C=C1CC[C@@H]1[C@@H]2[C@@H](O)C[C@@]2(C)[C@H]1C[C@@H](O)[C@]2(O)C(=O)CO.C[C@]12C=CC(=O)C=C1CC[C@@H]1[C@@H]2[C@@H](O)C[C@@]2(C)[C@H]1C[C@H]1O[C@@H](c3ccc(SCc4cccc([N+](=O)[O-])c4)cc3)O[C@]12C(=O)CO.C[C@]12C=CC(=O)C=C1CC[C@@H]1[C@@H]2[C@@H](O)C[C@@]2(C)[C@H]1C[C@H]1O[C@H](c3ccc(SCc4cccc([N+](=O)[O-])c4)cc3)O[C@]12C(=O)CO.O=Cc1ccc(SCc2cccc([N+](=O)[O-])c2)cc1.O=S(=O)(O)C(F)(F)F. The zero-order chi connectivity index (χ0) is 104. The Labute approximate surface area is 840 Å². The van der Waals surface area contributed by atoms with Crippen molar-refractivity contribution in [1.29, 1.82) is 0 Å². The Hall–Kier alpha value is -10.1. The molecule has 0 radical (unpaired) electrons. The maximum Gasteiger partial charge on any atom is 0.522 e. The molecule has 144 heavy (non-hydrogen) atoms. The molecule has 6 aromatic rings. The van der Waals surface area contributed by atoms with Crippen LogP contribution in [-0.4, -0.2) is 188 Å². The van der Waals surface area contributed by atoms with Gasteiger partial charge in [-0.2, -0.15) is 21.6 Å².